The van der Waals surface area contributed by atoms with Gasteiger partial charge in [-0.2, -0.15) is 0 Å². The molecule has 4 N–H and O–H groups in total. The molecule has 0 aromatic rings. The van der Waals surface area contributed by atoms with E-state index in [9.17, 15) is 19.5 Å². The van der Waals surface area contributed by atoms with Crippen molar-refractivity contribution in [2.75, 3.05) is 13.1 Å². The monoisotopic (exact) mass is 343 g/mol. The first-order valence-electron chi connectivity index (χ1n) is 8.38. The van der Waals surface area contributed by atoms with Gasteiger partial charge in [0, 0.05) is 6.54 Å². The molecule has 0 bridgehead atoms. The first-order chi connectivity index (χ1) is 11.2. The van der Waals surface area contributed by atoms with Crippen LogP contribution in [0.5, 0.6) is 0 Å². The molecule has 24 heavy (non-hydrogen) atoms. The molecule has 8 nitrogen and oxygen atoms in total. The zero-order valence-corrected chi connectivity index (χ0v) is 14.7. The number of unbranched alkanes of at least 4 members (excludes halogenated alkanes) is 1. The Labute approximate surface area is 142 Å². The summed E-state index contributed by atoms with van der Waals surface area (Å²) in [5.74, 6) is -1.53. The zero-order valence-electron chi connectivity index (χ0n) is 14.7. The number of aliphatic carboxylic acids is 1. The lowest BCUT2D eigenvalue weighted by molar-refractivity contribution is -0.142. The lowest BCUT2D eigenvalue weighted by atomic mass is 10.1. The number of ether oxygens (including phenoxy) is 1. The molecule has 8 heteroatoms. The van der Waals surface area contributed by atoms with Gasteiger partial charge < -0.3 is 20.9 Å². The number of carbonyl (C=O) groups excluding carboxylic acids is 2. The van der Waals surface area contributed by atoms with Crippen molar-refractivity contribution in [1.82, 2.24) is 10.2 Å². The number of carbonyl (C=O) groups is 3. The molecule has 138 valence electrons. The third-order valence-corrected chi connectivity index (χ3v) is 3.74. The van der Waals surface area contributed by atoms with E-state index in [1.807, 2.05) is 0 Å². The van der Waals surface area contributed by atoms with Crippen molar-refractivity contribution in [3.8, 4) is 0 Å². The molecule has 0 saturated carbocycles. The molecule has 1 aliphatic heterocycles. The predicted octanol–water partition coefficient (Wildman–Crippen LogP) is 1.08. The minimum atomic E-state index is -1.08. The van der Waals surface area contributed by atoms with Crippen LogP contribution in [0.25, 0.3) is 0 Å². The fourth-order valence-electron chi connectivity index (χ4n) is 2.60. The Kier molecular flexibility index (Phi) is 7.47. The van der Waals surface area contributed by atoms with Gasteiger partial charge >= 0.3 is 12.1 Å². The molecule has 1 aliphatic rings. The fourth-order valence-corrected chi connectivity index (χ4v) is 2.60. The van der Waals surface area contributed by atoms with Crippen LogP contribution in [0.15, 0.2) is 0 Å². The van der Waals surface area contributed by atoms with E-state index < -0.39 is 35.7 Å². The van der Waals surface area contributed by atoms with Crippen LogP contribution in [0.4, 0.5) is 4.79 Å². The van der Waals surface area contributed by atoms with Crippen molar-refractivity contribution in [3.63, 3.8) is 0 Å². The molecule has 1 rings (SSSR count). The van der Waals surface area contributed by atoms with Gasteiger partial charge in [0.15, 0.2) is 0 Å². The first kappa shape index (κ1) is 20.2. The Bertz CT molecular complexity index is 461. The van der Waals surface area contributed by atoms with E-state index in [1.54, 1.807) is 20.8 Å². The van der Waals surface area contributed by atoms with Crippen LogP contribution in [-0.2, 0) is 14.3 Å². The molecule has 1 heterocycles. The smallest absolute Gasteiger partial charge is 0.410 e. The van der Waals surface area contributed by atoms with E-state index in [2.05, 4.69) is 5.32 Å². The minimum Gasteiger partial charge on any atom is -0.480 e. The highest BCUT2D eigenvalue weighted by Gasteiger charge is 2.37. The maximum atomic E-state index is 12.4. The first-order valence-corrected chi connectivity index (χ1v) is 8.38. The number of hydrogen-bond acceptors (Lipinski definition) is 5. The Morgan fingerprint density at radius 1 is 1.33 bits per heavy atom. The number of nitrogens with zero attached hydrogens (tertiary/aromatic N) is 1. The largest absolute Gasteiger partial charge is 0.480 e. The molecule has 0 unspecified atom stereocenters. The van der Waals surface area contributed by atoms with Gasteiger partial charge in [-0.1, -0.05) is 0 Å². The standard InChI is InChI=1S/C16H29N3O5/c1-16(2,3)24-15(23)19-10-6-8-12(19)13(20)18-11(14(21)22)7-4-5-9-17/h11-12H,4-10,17H2,1-3H3,(H,18,20)(H,21,22)/t11-,12-/m0/s1. The molecule has 2 atom stereocenters. The third-order valence-electron chi connectivity index (χ3n) is 3.74. The number of hydrogen-bond donors (Lipinski definition) is 3. The van der Waals surface area contributed by atoms with E-state index >= 15 is 0 Å². The molecule has 0 spiro atoms. The number of carboxylic acids is 1. The summed E-state index contributed by atoms with van der Waals surface area (Å²) < 4.78 is 5.31. The zero-order chi connectivity index (χ0) is 18.3. The summed E-state index contributed by atoms with van der Waals surface area (Å²) in [5, 5.41) is 11.8. The number of nitrogens with two attached hydrogens (primary N) is 1. The molecule has 1 fully saturated rings. The summed E-state index contributed by atoms with van der Waals surface area (Å²) in [4.78, 5) is 37.3. The molecule has 2 amide bonds. The Morgan fingerprint density at radius 3 is 2.54 bits per heavy atom. The highest BCUT2D eigenvalue weighted by Crippen LogP contribution is 2.21. The highest BCUT2D eigenvalue weighted by atomic mass is 16.6. The van der Waals surface area contributed by atoms with Crippen LogP contribution in [-0.4, -0.2) is 58.8 Å². The topological polar surface area (TPSA) is 122 Å². The quantitative estimate of drug-likeness (QED) is 0.595. The fraction of sp³-hybridized carbons (Fsp3) is 0.812. The van der Waals surface area contributed by atoms with Crippen molar-refractivity contribution < 1.29 is 24.2 Å². The van der Waals surface area contributed by atoms with E-state index in [0.29, 0.717) is 45.2 Å². The van der Waals surface area contributed by atoms with E-state index in [4.69, 9.17) is 10.5 Å². The summed E-state index contributed by atoms with van der Waals surface area (Å²) in [6, 6.07) is -1.65. The number of amides is 2. The second-order valence-corrected chi connectivity index (χ2v) is 7.02. The van der Waals surface area contributed by atoms with Crippen LogP contribution in [0.1, 0.15) is 52.9 Å². The van der Waals surface area contributed by atoms with Crippen LogP contribution in [0, 0.1) is 0 Å². The van der Waals surface area contributed by atoms with Crippen LogP contribution < -0.4 is 11.1 Å². The molecule has 0 radical (unpaired) electrons. The van der Waals surface area contributed by atoms with Gasteiger partial charge in [0.05, 0.1) is 0 Å². The Morgan fingerprint density at radius 2 is 2.00 bits per heavy atom. The molecule has 0 aliphatic carbocycles. The summed E-state index contributed by atoms with van der Waals surface area (Å²) in [6.07, 6.45) is 2.27. The maximum absolute atomic E-state index is 12.4. The van der Waals surface area contributed by atoms with Crippen molar-refractivity contribution in [2.45, 2.75) is 70.6 Å². The summed E-state index contributed by atoms with van der Waals surface area (Å²) in [6.45, 7) is 6.18. The normalized spacial score (nSPS) is 19.0. The van der Waals surface area contributed by atoms with Crippen LogP contribution in [0.2, 0.25) is 0 Å². The molecule has 0 aromatic heterocycles. The average Bonchev–Trinajstić information content (AvgIpc) is 2.93. The van der Waals surface area contributed by atoms with Crippen molar-refractivity contribution in [1.29, 1.82) is 0 Å². The van der Waals surface area contributed by atoms with E-state index in [1.165, 1.54) is 4.90 Å². The predicted molar refractivity (Wildman–Crippen MR) is 88.4 cm³/mol. The summed E-state index contributed by atoms with van der Waals surface area (Å²) in [5.41, 5.74) is 4.75. The third kappa shape index (κ3) is 6.35. The molecular weight excluding hydrogens is 314 g/mol. The van der Waals surface area contributed by atoms with Gasteiger partial charge in [-0.3, -0.25) is 9.69 Å². The van der Waals surface area contributed by atoms with Crippen molar-refractivity contribution >= 4 is 18.0 Å². The second-order valence-electron chi connectivity index (χ2n) is 7.02. The maximum Gasteiger partial charge on any atom is 0.410 e. The SMILES string of the molecule is CC(C)(C)OC(=O)N1CCC[C@H]1C(=O)N[C@@H](CCCCN)C(=O)O. The van der Waals surface area contributed by atoms with Gasteiger partial charge in [-0.25, -0.2) is 9.59 Å². The second kappa shape index (κ2) is 8.86. The summed E-state index contributed by atoms with van der Waals surface area (Å²) >= 11 is 0. The van der Waals surface area contributed by atoms with Gasteiger partial charge in [-0.05, 0) is 59.4 Å². The minimum absolute atomic E-state index is 0.317. The van der Waals surface area contributed by atoms with Gasteiger partial charge in [0.2, 0.25) is 5.91 Å². The summed E-state index contributed by atoms with van der Waals surface area (Å²) in [7, 11) is 0. The van der Waals surface area contributed by atoms with Crippen LogP contribution in [0.3, 0.4) is 0 Å². The van der Waals surface area contributed by atoms with Crippen molar-refractivity contribution in [2.24, 2.45) is 5.73 Å². The Balaban J connectivity index is 2.66. The van der Waals surface area contributed by atoms with Gasteiger partial charge in [0.1, 0.15) is 17.7 Å². The number of likely N-dealkylation sites (tertiary alicyclic amines) is 1. The number of rotatable bonds is 7. The highest BCUT2D eigenvalue weighted by molar-refractivity contribution is 5.89. The van der Waals surface area contributed by atoms with Crippen LogP contribution >= 0.6 is 0 Å². The molecule has 0 aromatic carbocycles. The lowest BCUT2D eigenvalue weighted by Crippen LogP contribution is -2.51. The van der Waals surface area contributed by atoms with Gasteiger partial charge in [-0.15, -0.1) is 0 Å². The number of nitrogens with one attached hydrogen (secondary N) is 1. The Hall–Kier alpha value is -1.83. The lowest BCUT2D eigenvalue weighted by Gasteiger charge is -2.28. The average molecular weight is 343 g/mol. The van der Waals surface area contributed by atoms with E-state index in [-0.39, 0.29) is 0 Å². The number of carboxylic acid groups (broad SMARTS) is 1. The molecular formula is C16H29N3O5. The molecule has 1 saturated heterocycles. The van der Waals surface area contributed by atoms with Gasteiger partial charge in [0.25, 0.3) is 0 Å². The van der Waals surface area contributed by atoms with E-state index in [0.717, 1.165) is 0 Å². The van der Waals surface area contributed by atoms with Crippen molar-refractivity contribution in [3.05, 3.63) is 0 Å².